The van der Waals surface area contributed by atoms with Crippen LogP contribution in [0.25, 0.3) is 0 Å². The molecule has 0 rings (SSSR count). The van der Waals surface area contributed by atoms with Crippen LogP contribution in [0.1, 0.15) is 40.5 Å². The van der Waals surface area contributed by atoms with Gasteiger partial charge < -0.3 is 4.98 Å². The zero-order chi connectivity index (χ0) is 9.56. The maximum absolute atomic E-state index is 6.35. The van der Waals surface area contributed by atoms with Crippen molar-refractivity contribution in [1.29, 1.82) is 0 Å². The summed E-state index contributed by atoms with van der Waals surface area (Å²) in [5.74, 6) is 0.781. The minimum absolute atomic E-state index is 0.747. The molecule has 0 saturated carbocycles. The summed E-state index contributed by atoms with van der Waals surface area (Å²) >= 11 is 6.35. The summed E-state index contributed by atoms with van der Waals surface area (Å²) in [6.07, 6.45) is 2.47. The van der Waals surface area contributed by atoms with Crippen molar-refractivity contribution in [3.8, 4) is 0 Å². The van der Waals surface area contributed by atoms with Gasteiger partial charge in [-0.1, -0.05) is 40.5 Å². The van der Waals surface area contributed by atoms with Gasteiger partial charge in [0, 0.05) is 0 Å². The van der Waals surface area contributed by atoms with Crippen molar-refractivity contribution in [3.63, 3.8) is 0 Å². The highest BCUT2D eigenvalue weighted by Gasteiger charge is 2.23. The first-order valence-corrected chi connectivity index (χ1v) is 8.03. The number of hydrogen-bond acceptors (Lipinski definition) is 1. The summed E-state index contributed by atoms with van der Waals surface area (Å²) in [6, 6.07) is 0. The van der Waals surface area contributed by atoms with E-state index >= 15 is 0 Å². The van der Waals surface area contributed by atoms with Gasteiger partial charge in [0.1, 0.15) is 0 Å². The van der Waals surface area contributed by atoms with E-state index in [0.29, 0.717) is 0 Å². The van der Waals surface area contributed by atoms with Crippen molar-refractivity contribution in [1.82, 2.24) is 4.98 Å². The summed E-state index contributed by atoms with van der Waals surface area (Å²) in [5.41, 5.74) is 0.747. The molecule has 12 heavy (non-hydrogen) atoms. The van der Waals surface area contributed by atoms with E-state index in [1.54, 1.807) is 0 Å². The molecule has 1 N–H and O–H groups in total. The normalized spacial score (nSPS) is 18.8. The largest absolute Gasteiger partial charge is 0.328 e. The molecule has 3 heteroatoms. The van der Waals surface area contributed by atoms with E-state index in [2.05, 4.69) is 32.7 Å². The van der Waals surface area contributed by atoms with Gasteiger partial charge in [-0.25, -0.2) is 0 Å². The predicted molar refractivity (Wildman–Crippen MR) is 60.2 cm³/mol. The molecule has 0 aromatic carbocycles. The molecule has 0 aliphatic heterocycles. The fourth-order valence-electron chi connectivity index (χ4n) is 1.55. The Morgan fingerprint density at radius 3 is 2.17 bits per heavy atom. The molecule has 0 aliphatic rings. The van der Waals surface area contributed by atoms with Gasteiger partial charge in [-0.15, -0.1) is 0 Å². The van der Waals surface area contributed by atoms with Crippen LogP contribution in [0.5, 0.6) is 0 Å². The van der Waals surface area contributed by atoms with Crippen LogP contribution in [-0.4, -0.2) is 14.8 Å². The standard InChI is InChI=1S/C9H22ClNSi/c1-5-8(4)9(6-2)12(10)11-7-3/h8-9,11-12H,5-7H2,1-4H3. The maximum atomic E-state index is 6.35. The molecule has 0 heterocycles. The van der Waals surface area contributed by atoms with Crippen LogP contribution in [-0.2, 0) is 0 Å². The highest BCUT2D eigenvalue weighted by atomic mass is 35.6. The van der Waals surface area contributed by atoms with Gasteiger partial charge in [0.25, 0.3) is 0 Å². The third kappa shape index (κ3) is 3.92. The Morgan fingerprint density at radius 2 is 1.83 bits per heavy atom. The number of halogens is 1. The van der Waals surface area contributed by atoms with Gasteiger partial charge >= 0.3 is 0 Å². The Bertz CT molecular complexity index is 111. The van der Waals surface area contributed by atoms with Crippen LogP contribution in [0, 0.1) is 5.92 Å². The molecular formula is C9H22ClNSi. The third-order valence-corrected chi connectivity index (χ3v) is 6.73. The van der Waals surface area contributed by atoms with Gasteiger partial charge in [-0.3, -0.25) is 0 Å². The van der Waals surface area contributed by atoms with Gasteiger partial charge in [0.2, 0.25) is 8.27 Å². The van der Waals surface area contributed by atoms with Gasteiger partial charge in [-0.2, -0.15) is 11.1 Å². The van der Waals surface area contributed by atoms with E-state index < -0.39 is 8.27 Å². The molecule has 0 aliphatic carbocycles. The summed E-state index contributed by atoms with van der Waals surface area (Å²) in [7, 11) is -1.17. The smallest absolute Gasteiger partial charge is 0.214 e. The highest BCUT2D eigenvalue weighted by molar-refractivity contribution is 7.06. The summed E-state index contributed by atoms with van der Waals surface area (Å²) < 4.78 is 0. The summed E-state index contributed by atoms with van der Waals surface area (Å²) in [5, 5.41) is 0. The quantitative estimate of drug-likeness (QED) is 0.522. The van der Waals surface area contributed by atoms with Crippen molar-refractivity contribution in [2.45, 2.75) is 46.1 Å². The lowest BCUT2D eigenvalue weighted by atomic mass is 10.0. The van der Waals surface area contributed by atoms with E-state index in [-0.39, 0.29) is 0 Å². The van der Waals surface area contributed by atoms with Gasteiger partial charge in [0.05, 0.1) is 0 Å². The van der Waals surface area contributed by atoms with Gasteiger partial charge in [0.15, 0.2) is 0 Å². The molecule has 0 amide bonds. The first kappa shape index (κ1) is 12.5. The van der Waals surface area contributed by atoms with E-state index in [1.807, 2.05) is 0 Å². The van der Waals surface area contributed by atoms with E-state index in [9.17, 15) is 0 Å². The predicted octanol–water partition coefficient (Wildman–Crippen LogP) is 2.88. The molecule has 3 unspecified atom stereocenters. The first-order chi connectivity index (χ1) is 5.67. The van der Waals surface area contributed by atoms with Crippen LogP contribution in [0.15, 0.2) is 0 Å². The van der Waals surface area contributed by atoms with E-state index in [4.69, 9.17) is 11.1 Å². The van der Waals surface area contributed by atoms with Crippen LogP contribution in [0.3, 0.4) is 0 Å². The summed E-state index contributed by atoms with van der Waals surface area (Å²) in [6.45, 7) is 9.96. The Hall–Kier alpha value is 0.467. The summed E-state index contributed by atoms with van der Waals surface area (Å²) in [4.78, 5) is 3.42. The van der Waals surface area contributed by atoms with Crippen LogP contribution < -0.4 is 4.98 Å². The Kier molecular flexibility index (Phi) is 7.20. The molecule has 74 valence electrons. The second-order valence-corrected chi connectivity index (χ2v) is 6.90. The topological polar surface area (TPSA) is 12.0 Å². The lowest BCUT2D eigenvalue weighted by Gasteiger charge is -2.25. The Balaban J connectivity index is 3.94. The zero-order valence-corrected chi connectivity index (χ0v) is 10.6. The fraction of sp³-hybridized carbons (Fsp3) is 1.00. The molecule has 0 fully saturated rings. The van der Waals surface area contributed by atoms with Crippen molar-refractivity contribution < 1.29 is 0 Å². The molecule has 0 bridgehead atoms. The maximum Gasteiger partial charge on any atom is 0.214 e. The second-order valence-electron chi connectivity index (χ2n) is 3.42. The number of nitrogens with one attached hydrogen (secondary N) is 1. The van der Waals surface area contributed by atoms with Crippen molar-refractivity contribution in [3.05, 3.63) is 0 Å². The van der Waals surface area contributed by atoms with Crippen LogP contribution in [0.2, 0.25) is 5.54 Å². The van der Waals surface area contributed by atoms with Crippen LogP contribution in [0.4, 0.5) is 0 Å². The second kappa shape index (κ2) is 6.93. The average molecular weight is 208 g/mol. The lowest BCUT2D eigenvalue weighted by molar-refractivity contribution is 0.498. The fourth-order valence-corrected chi connectivity index (χ4v) is 5.25. The molecule has 0 saturated heterocycles. The molecule has 3 atom stereocenters. The van der Waals surface area contributed by atoms with Crippen LogP contribution >= 0.6 is 11.1 Å². The average Bonchev–Trinajstić information content (AvgIpc) is 2.06. The molecular weight excluding hydrogens is 186 g/mol. The molecule has 0 spiro atoms. The Morgan fingerprint density at radius 1 is 1.25 bits per heavy atom. The van der Waals surface area contributed by atoms with E-state index in [1.165, 1.54) is 12.8 Å². The number of hydrogen-bond donors (Lipinski definition) is 1. The lowest BCUT2D eigenvalue weighted by Crippen LogP contribution is -2.35. The van der Waals surface area contributed by atoms with Crippen molar-refractivity contribution >= 4 is 19.3 Å². The minimum atomic E-state index is -1.17. The third-order valence-electron chi connectivity index (χ3n) is 2.62. The zero-order valence-electron chi connectivity index (χ0n) is 8.73. The Labute approximate surface area is 83.3 Å². The number of rotatable bonds is 6. The van der Waals surface area contributed by atoms with Gasteiger partial charge in [-0.05, 0) is 18.0 Å². The SMILES string of the molecule is CCN[SiH](Cl)C(CC)C(C)CC. The molecule has 0 radical (unpaired) electrons. The first-order valence-electron chi connectivity index (χ1n) is 5.04. The molecule has 0 aromatic rings. The highest BCUT2D eigenvalue weighted by Crippen LogP contribution is 2.28. The van der Waals surface area contributed by atoms with Crippen molar-refractivity contribution in [2.24, 2.45) is 5.92 Å². The molecule has 1 nitrogen and oxygen atoms in total. The van der Waals surface area contributed by atoms with E-state index in [0.717, 1.165) is 18.0 Å². The molecule has 0 aromatic heterocycles. The van der Waals surface area contributed by atoms with Crippen molar-refractivity contribution in [2.75, 3.05) is 6.54 Å². The monoisotopic (exact) mass is 207 g/mol. The minimum Gasteiger partial charge on any atom is -0.328 e.